The van der Waals surface area contributed by atoms with Crippen molar-refractivity contribution < 1.29 is 14.3 Å². The van der Waals surface area contributed by atoms with Gasteiger partial charge in [0.15, 0.2) is 5.78 Å². The molecule has 0 aliphatic rings. The summed E-state index contributed by atoms with van der Waals surface area (Å²) in [5.41, 5.74) is 4.13. The first-order chi connectivity index (χ1) is 11.8. The third kappa shape index (κ3) is 4.29. The lowest BCUT2D eigenvalue weighted by molar-refractivity contribution is 0.0526. The van der Waals surface area contributed by atoms with Gasteiger partial charge in [-0.2, -0.15) is 0 Å². The highest BCUT2D eigenvalue weighted by Gasteiger charge is 2.17. The molecule has 0 atom stereocenters. The Bertz CT molecular complexity index is 758. The summed E-state index contributed by atoms with van der Waals surface area (Å²) >= 11 is 0. The molecule has 1 aromatic heterocycles. The van der Waals surface area contributed by atoms with E-state index in [1.807, 2.05) is 19.9 Å². The smallest absolute Gasteiger partial charge is 0.338 e. The molecule has 25 heavy (non-hydrogen) atoms. The van der Waals surface area contributed by atoms with E-state index in [2.05, 4.69) is 23.7 Å². The standard InChI is InChI=1S/C20H26N2O3/c1-6-25-20(24)16-7-9-17(10-8-16)21-12-19(23)18-11-14(4)22(13(2)3)15(18)5/h7-11,13,21H,6,12H2,1-5H3. The van der Waals surface area contributed by atoms with Crippen LogP contribution in [0.5, 0.6) is 0 Å². The van der Waals surface area contributed by atoms with Gasteiger partial charge in [-0.3, -0.25) is 4.79 Å². The van der Waals surface area contributed by atoms with Gasteiger partial charge in [0.2, 0.25) is 0 Å². The lowest BCUT2D eigenvalue weighted by Gasteiger charge is -2.13. The van der Waals surface area contributed by atoms with Crippen LogP contribution in [0.4, 0.5) is 5.69 Å². The minimum Gasteiger partial charge on any atom is -0.462 e. The van der Waals surface area contributed by atoms with Crippen LogP contribution < -0.4 is 5.32 Å². The van der Waals surface area contributed by atoms with Gasteiger partial charge >= 0.3 is 5.97 Å². The van der Waals surface area contributed by atoms with Gasteiger partial charge in [0, 0.05) is 28.7 Å². The molecule has 2 rings (SSSR count). The van der Waals surface area contributed by atoms with Gasteiger partial charge in [0.05, 0.1) is 18.7 Å². The molecule has 0 aliphatic carbocycles. The summed E-state index contributed by atoms with van der Waals surface area (Å²) < 4.78 is 7.12. The van der Waals surface area contributed by atoms with Crippen LogP contribution >= 0.6 is 0 Å². The highest BCUT2D eigenvalue weighted by atomic mass is 16.5. The van der Waals surface area contributed by atoms with Crippen molar-refractivity contribution in [1.29, 1.82) is 0 Å². The van der Waals surface area contributed by atoms with Crippen LogP contribution in [0.1, 0.15) is 58.9 Å². The van der Waals surface area contributed by atoms with Crippen LogP contribution in [0.3, 0.4) is 0 Å². The fourth-order valence-electron chi connectivity index (χ4n) is 3.07. The SMILES string of the molecule is CCOC(=O)c1ccc(NCC(=O)c2cc(C)n(C(C)C)c2C)cc1. The number of aromatic nitrogens is 1. The van der Waals surface area contributed by atoms with Crippen molar-refractivity contribution in [3.8, 4) is 0 Å². The van der Waals surface area contributed by atoms with Crippen molar-refractivity contribution in [2.24, 2.45) is 0 Å². The molecule has 1 heterocycles. The summed E-state index contributed by atoms with van der Waals surface area (Å²) in [6, 6.07) is 9.20. The number of carbonyl (C=O) groups excluding carboxylic acids is 2. The summed E-state index contributed by atoms with van der Waals surface area (Å²) in [5, 5.41) is 3.12. The van der Waals surface area contributed by atoms with Crippen molar-refractivity contribution in [1.82, 2.24) is 4.57 Å². The minimum atomic E-state index is -0.341. The Balaban J connectivity index is 2.03. The summed E-state index contributed by atoms with van der Waals surface area (Å²) in [6.45, 7) is 10.5. The first-order valence-corrected chi connectivity index (χ1v) is 8.57. The number of nitrogens with zero attached hydrogens (tertiary/aromatic N) is 1. The van der Waals surface area contributed by atoms with Gasteiger partial charge in [-0.15, -0.1) is 0 Å². The van der Waals surface area contributed by atoms with E-state index >= 15 is 0 Å². The van der Waals surface area contributed by atoms with Crippen LogP contribution in [0.15, 0.2) is 30.3 Å². The molecule has 0 aliphatic heterocycles. The number of Topliss-reactive ketones (excluding diaryl/α,β-unsaturated/α-hetero) is 1. The molecule has 1 N–H and O–H groups in total. The highest BCUT2D eigenvalue weighted by molar-refractivity contribution is 6.00. The fraction of sp³-hybridized carbons (Fsp3) is 0.400. The maximum absolute atomic E-state index is 12.5. The summed E-state index contributed by atoms with van der Waals surface area (Å²) in [5.74, 6) is -0.291. The Kier molecular flexibility index (Phi) is 6.02. The fourth-order valence-corrected chi connectivity index (χ4v) is 3.07. The average molecular weight is 342 g/mol. The maximum atomic E-state index is 12.5. The number of hydrogen-bond donors (Lipinski definition) is 1. The van der Waals surface area contributed by atoms with Crippen LogP contribution in [0.25, 0.3) is 0 Å². The largest absolute Gasteiger partial charge is 0.462 e. The molecular formula is C20H26N2O3. The van der Waals surface area contributed by atoms with Crippen molar-refractivity contribution in [2.75, 3.05) is 18.5 Å². The number of ether oxygens (including phenoxy) is 1. The average Bonchev–Trinajstić information content (AvgIpc) is 2.88. The van der Waals surface area contributed by atoms with E-state index in [1.165, 1.54) is 0 Å². The molecule has 0 amide bonds. The number of rotatable bonds is 7. The van der Waals surface area contributed by atoms with Crippen molar-refractivity contribution in [3.63, 3.8) is 0 Å². The summed E-state index contributed by atoms with van der Waals surface area (Å²) in [6.07, 6.45) is 0. The normalized spacial score (nSPS) is 10.8. The second-order valence-corrected chi connectivity index (χ2v) is 6.32. The Labute approximate surface area is 149 Å². The third-order valence-electron chi connectivity index (χ3n) is 4.15. The predicted octanol–water partition coefficient (Wildman–Crippen LogP) is 4.16. The molecule has 0 saturated carbocycles. The molecule has 1 aromatic carbocycles. The molecule has 0 saturated heterocycles. The van der Waals surface area contributed by atoms with E-state index in [-0.39, 0.29) is 18.3 Å². The Hall–Kier alpha value is -2.56. The van der Waals surface area contributed by atoms with Crippen LogP contribution in [0.2, 0.25) is 0 Å². The lowest BCUT2D eigenvalue weighted by atomic mass is 10.1. The van der Waals surface area contributed by atoms with E-state index in [9.17, 15) is 9.59 Å². The Morgan fingerprint density at radius 1 is 1.16 bits per heavy atom. The van der Waals surface area contributed by atoms with Crippen molar-refractivity contribution in [3.05, 3.63) is 52.8 Å². The first-order valence-electron chi connectivity index (χ1n) is 8.57. The summed E-state index contributed by atoms with van der Waals surface area (Å²) in [4.78, 5) is 24.2. The van der Waals surface area contributed by atoms with Gasteiger partial charge in [-0.05, 0) is 65.0 Å². The molecule has 0 bridgehead atoms. The number of carbonyl (C=O) groups is 2. The molecule has 0 radical (unpaired) electrons. The van der Waals surface area contributed by atoms with E-state index in [4.69, 9.17) is 4.74 Å². The number of aryl methyl sites for hydroxylation is 1. The van der Waals surface area contributed by atoms with Crippen LogP contribution in [-0.4, -0.2) is 29.5 Å². The van der Waals surface area contributed by atoms with Gasteiger partial charge in [0.25, 0.3) is 0 Å². The van der Waals surface area contributed by atoms with Crippen LogP contribution in [-0.2, 0) is 4.74 Å². The van der Waals surface area contributed by atoms with Crippen LogP contribution in [0, 0.1) is 13.8 Å². The van der Waals surface area contributed by atoms with Gasteiger partial charge in [0.1, 0.15) is 0 Å². The lowest BCUT2D eigenvalue weighted by Crippen LogP contribution is -2.15. The second kappa shape index (κ2) is 8.01. The molecule has 5 heteroatoms. The first kappa shape index (κ1) is 18.8. The van der Waals surface area contributed by atoms with Gasteiger partial charge < -0.3 is 14.6 Å². The Morgan fingerprint density at radius 2 is 1.80 bits per heavy atom. The molecule has 0 unspecified atom stereocenters. The number of benzene rings is 1. The molecule has 2 aromatic rings. The predicted molar refractivity (Wildman–Crippen MR) is 99.5 cm³/mol. The summed E-state index contributed by atoms with van der Waals surface area (Å²) in [7, 11) is 0. The topological polar surface area (TPSA) is 60.3 Å². The monoisotopic (exact) mass is 342 g/mol. The number of anilines is 1. The molecular weight excluding hydrogens is 316 g/mol. The zero-order chi connectivity index (χ0) is 18.6. The zero-order valence-corrected chi connectivity index (χ0v) is 15.6. The minimum absolute atomic E-state index is 0.0504. The highest BCUT2D eigenvalue weighted by Crippen LogP contribution is 2.21. The van der Waals surface area contributed by atoms with E-state index in [0.717, 1.165) is 22.6 Å². The van der Waals surface area contributed by atoms with Crippen molar-refractivity contribution in [2.45, 2.75) is 40.7 Å². The van der Waals surface area contributed by atoms with E-state index in [0.29, 0.717) is 18.2 Å². The molecule has 0 fully saturated rings. The number of hydrogen-bond acceptors (Lipinski definition) is 4. The number of nitrogens with one attached hydrogen (secondary N) is 1. The Morgan fingerprint density at radius 3 is 2.32 bits per heavy atom. The van der Waals surface area contributed by atoms with E-state index < -0.39 is 0 Å². The zero-order valence-electron chi connectivity index (χ0n) is 15.6. The van der Waals surface area contributed by atoms with Gasteiger partial charge in [-0.25, -0.2) is 4.79 Å². The molecule has 0 spiro atoms. The molecule has 5 nitrogen and oxygen atoms in total. The van der Waals surface area contributed by atoms with Crippen molar-refractivity contribution >= 4 is 17.4 Å². The number of ketones is 1. The van der Waals surface area contributed by atoms with Gasteiger partial charge in [-0.1, -0.05) is 0 Å². The molecule has 134 valence electrons. The van der Waals surface area contributed by atoms with E-state index in [1.54, 1.807) is 31.2 Å². The third-order valence-corrected chi connectivity index (χ3v) is 4.15. The second-order valence-electron chi connectivity index (χ2n) is 6.32. The maximum Gasteiger partial charge on any atom is 0.338 e. The quantitative estimate of drug-likeness (QED) is 0.606. The number of esters is 1.